The van der Waals surface area contributed by atoms with Crippen molar-refractivity contribution in [3.05, 3.63) is 71.3 Å². The molecule has 2 aromatic rings. The fourth-order valence-corrected chi connectivity index (χ4v) is 3.01. The van der Waals surface area contributed by atoms with E-state index in [2.05, 4.69) is 12.1 Å². The first-order chi connectivity index (χ1) is 9.68. The van der Waals surface area contributed by atoms with E-state index in [0.717, 1.165) is 6.42 Å². The van der Waals surface area contributed by atoms with E-state index in [1.54, 1.807) is 4.90 Å². The molecular weight excluding hydrogens is 284 g/mol. The lowest BCUT2D eigenvalue weighted by molar-refractivity contribution is 0.0716. The van der Waals surface area contributed by atoms with Crippen molar-refractivity contribution < 1.29 is 4.79 Å². The van der Waals surface area contributed by atoms with Gasteiger partial charge in [-0.15, -0.1) is 12.4 Å². The highest BCUT2D eigenvalue weighted by Gasteiger charge is 2.34. The highest BCUT2D eigenvalue weighted by atomic mass is 35.5. The lowest BCUT2D eigenvalue weighted by atomic mass is 10.0. The summed E-state index contributed by atoms with van der Waals surface area (Å²) in [6, 6.07) is 17.5. The van der Waals surface area contributed by atoms with Crippen LogP contribution in [0.25, 0.3) is 0 Å². The van der Waals surface area contributed by atoms with Crippen molar-refractivity contribution in [2.75, 3.05) is 7.05 Å². The summed E-state index contributed by atoms with van der Waals surface area (Å²) in [4.78, 5) is 14.3. The Morgan fingerprint density at radius 2 is 1.71 bits per heavy atom. The predicted molar refractivity (Wildman–Crippen MR) is 86.6 cm³/mol. The Bertz CT molecular complexity index is 630. The van der Waals surface area contributed by atoms with Gasteiger partial charge in [-0.05, 0) is 29.7 Å². The predicted octanol–water partition coefficient (Wildman–Crippen LogP) is 2.81. The number of benzene rings is 2. The number of nitrogens with zero attached hydrogens (tertiary/aromatic N) is 1. The Morgan fingerprint density at radius 1 is 1.10 bits per heavy atom. The normalized spacial score (nSPS) is 19.5. The molecule has 0 saturated heterocycles. The summed E-state index contributed by atoms with van der Waals surface area (Å²) < 4.78 is 0. The molecular formula is C17H19ClN2O. The zero-order chi connectivity index (χ0) is 14.1. The van der Waals surface area contributed by atoms with Gasteiger partial charge in [-0.25, -0.2) is 0 Å². The first-order valence-electron chi connectivity index (χ1n) is 6.84. The molecule has 4 heteroatoms. The number of rotatable bonds is 2. The zero-order valence-electron chi connectivity index (χ0n) is 11.9. The Kier molecular flexibility index (Phi) is 4.66. The van der Waals surface area contributed by atoms with Gasteiger partial charge in [-0.1, -0.05) is 42.5 Å². The SMILES string of the molecule is CN(C(=O)c1ccccc1)[C@@H]1c2ccccc2C[C@H]1N.Cl. The third kappa shape index (κ3) is 2.80. The van der Waals surface area contributed by atoms with Crippen LogP contribution in [0.1, 0.15) is 27.5 Å². The molecule has 2 N–H and O–H groups in total. The van der Waals surface area contributed by atoms with Crippen LogP contribution in [0.5, 0.6) is 0 Å². The monoisotopic (exact) mass is 302 g/mol. The van der Waals surface area contributed by atoms with Gasteiger partial charge in [0.15, 0.2) is 0 Å². The summed E-state index contributed by atoms with van der Waals surface area (Å²) in [7, 11) is 1.84. The van der Waals surface area contributed by atoms with Crippen LogP contribution in [0.2, 0.25) is 0 Å². The molecule has 1 amide bonds. The van der Waals surface area contributed by atoms with Crippen LogP contribution in [-0.2, 0) is 6.42 Å². The average Bonchev–Trinajstić information content (AvgIpc) is 2.82. The van der Waals surface area contributed by atoms with Crippen molar-refractivity contribution in [2.45, 2.75) is 18.5 Å². The van der Waals surface area contributed by atoms with Crippen molar-refractivity contribution in [1.29, 1.82) is 0 Å². The molecule has 0 aliphatic heterocycles. The quantitative estimate of drug-likeness (QED) is 0.927. The molecule has 3 nitrogen and oxygen atoms in total. The number of likely N-dealkylation sites (N-methyl/N-ethyl adjacent to an activating group) is 1. The summed E-state index contributed by atoms with van der Waals surface area (Å²) in [5, 5.41) is 0. The van der Waals surface area contributed by atoms with Crippen LogP contribution in [0.3, 0.4) is 0 Å². The Labute approximate surface area is 131 Å². The number of hydrogen-bond acceptors (Lipinski definition) is 2. The molecule has 0 bridgehead atoms. The van der Waals surface area contributed by atoms with Gasteiger partial charge < -0.3 is 10.6 Å². The molecule has 0 saturated carbocycles. The number of hydrogen-bond donors (Lipinski definition) is 1. The van der Waals surface area contributed by atoms with Crippen molar-refractivity contribution in [2.24, 2.45) is 5.73 Å². The average molecular weight is 303 g/mol. The largest absolute Gasteiger partial charge is 0.333 e. The van der Waals surface area contributed by atoms with Crippen LogP contribution in [0, 0.1) is 0 Å². The van der Waals surface area contributed by atoms with Gasteiger partial charge in [0.1, 0.15) is 0 Å². The summed E-state index contributed by atoms with van der Waals surface area (Å²) in [5.74, 6) is 0.0164. The summed E-state index contributed by atoms with van der Waals surface area (Å²) in [5.41, 5.74) is 9.37. The fourth-order valence-electron chi connectivity index (χ4n) is 3.01. The minimum absolute atomic E-state index is 0. The highest BCUT2D eigenvalue weighted by molar-refractivity contribution is 5.94. The number of carbonyl (C=O) groups is 1. The van der Waals surface area contributed by atoms with Crippen molar-refractivity contribution in [3.8, 4) is 0 Å². The standard InChI is InChI=1S/C17H18N2O.ClH/c1-19(17(20)12-7-3-2-4-8-12)16-14-10-6-5-9-13(14)11-15(16)18;/h2-10,15-16H,11,18H2,1H3;1H/t15-,16-;/m1./s1. The number of amides is 1. The van der Waals surface area contributed by atoms with E-state index >= 15 is 0 Å². The second-order valence-electron chi connectivity index (χ2n) is 5.29. The van der Waals surface area contributed by atoms with Crippen LogP contribution in [0.15, 0.2) is 54.6 Å². The van der Waals surface area contributed by atoms with Crippen molar-refractivity contribution in [3.63, 3.8) is 0 Å². The van der Waals surface area contributed by atoms with Crippen LogP contribution in [0.4, 0.5) is 0 Å². The first kappa shape index (κ1) is 15.5. The molecule has 110 valence electrons. The van der Waals surface area contributed by atoms with Gasteiger partial charge in [-0.3, -0.25) is 4.79 Å². The van der Waals surface area contributed by atoms with Crippen LogP contribution >= 0.6 is 12.4 Å². The second kappa shape index (κ2) is 6.29. The molecule has 2 aromatic carbocycles. The highest BCUT2D eigenvalue weighted by Crippen LogP contribution is 2.34. The molecule has 21 heavy (non-hydrogen) atoms. The van der Waals surface area contributed by atoms with Crippen molar-refractivity contribution in [1.82, 2.24) is 4.90 Å². The Morgan fingerprint density at radius 3 is 2.43 bits per heavy atom. The molecule has 3 rings (SSSR count). The second-order valence-corrected chi connectivity index (χ2v) is 5.29. The molecule has 0 unspecified atom stereocenters. The molecule has 2 atom stereocenters. The Hall–Kier alpha value is -1.84. The number of carbonyl (C=O) groups excluding carboxylic acids is 1. The molecule has 1 aliphatic rings. The van der Waals surface area contributed by atoms with E-state index < -0.39 is 0 Å². The molecule has 0 heterocycles. The third-order valence-electron chi connectivity index (χ3n) is 3.99. The van der Waals surface area contributed by atoms with Gasteiger partial charge in [0, 0.05) is 18.7 Å². The lowest BCUT2D eigenvalue weighted by Crippen LogP contribution is -2.39. The molecule has 0 radical (unpaired) electrons. The maximum atomic E-state index is 12.6. The lowest BCUT2D eigenvalue weighted by Gasteiger charge is -2.28. The maximum absolute atomic E-state index is 12.6. The summed E-state index contributed by atoms with van der Waals surface area (Å²) >= 11 is 0. The van der Waals surface area contributed by atoms with Gasteiger partial charge in [0.25, 0.3) is 5.91 Å². The minimum Gasteiger partial charge on any atom is -0.333 e. The topological polar surface area (TPSA) is 46.3 Å². The number of fused-ring (bicyclic) bond motifs is 1. The molecule has 1 aliphatic carbocycles. The van der Waals surface area contributed by atoms with Gasteiger partial charge in [-0.2, -0.15) is 0 Å². The van der Waals surface area contributed by atoms with Crippen LogP contribution < -0.4 is 5.73 Å². The molecule has 0 spiro atoms. The van der Waals surface area contributed by atoms with E-state index in [0.29, 0.717) is 5.56 Å². The smallest absolute Gasteiger partial charge is 0.254 e. The molecule has 0 fully saturated rings. The summed E-state index contributed by atoms with van der Waals surface area (Å²) in [6.45, 7) is 0. The maximum Gasteiger partial charge on any atom is 0.254 e. The van der Waals surface area contributed by atoms with Gasteiger partial charge >= 0.3 is 0 Å². The fraction of sp³-hybridized carbons (Fsp3) is 0.235. The van der Waals surface area contributed by atoms with Gasteiger partial charge in [0.2, 0.25) is 0 Å². The van der Waals surface area contributed by atoms with Crippen molar-refractivity contribution >= 4 is 18.3 Å². The van der Waals surface area contributed by atoms with E-state index in [9.17, 15) is 4.79 Å². The Balaban J connectivity index is 0.00000161. The third-order valence-corrected chi connectivity index (χ3v) is 3.99. The zero-order valence-corrected chi connectivity index (χ0v) is 12.7. The number of nitrogens with two attached hydrogens (primary N) is 1. The number of halogens is 1. The van der Waals surface area contributed by atoms with E-state index in [1.807, 2.05) is 49.5 Å². The summed E-state index contributed by atoms with van der Waals surface area (Å²) in [6.07, 6.45) is 0.827. The van der Waals surface area contributed by atoms with E-state index in [1.165, 1.54) is 11.1 Å². The van der Waals surface area contributed by atoms with E-state index in [-0.39, 0.29) is 30.4 Å². The molecule has 0 aromatic heterocycles. The van der Waals surface area contributed by atoms with Gasteiger partial charge in [0.05, 0.1) is 6.04 Å². The first-order valence-corrected chi connectivity index (χ1v) is 6.84. The minimum atomic E-state index is -0.0427. The van der Waals surface area contributed by atoms with Crippen LogP contribution in [-0.4, -0.2) is 23.9 Å². The van der Waals surface area contributed by atoms with E-state index in [4.69, 9.17) is 5.73 Å².